The third-order valence-electron chi connectivity index (χ3n) is 4.24. The summed E-state index contributed by atoms with van der Waals surface area (Å²) in [5, 5.41) is 15.6. The largest absolute Gasteiger partial charge is 0.377 e. The first-order valence-electron chi connectivity index (χ1n) is 8.61. The average molecular weight is 393 g/mol. The Kier molecular flexibility index (Phi) is 6.49. The number of halogens is 1. The van der Waals surface area contributed by atoms with Gasteiger partial charge in [-0.05, 0) is 36.4 Å². The van der Waals surface area contributed by atoms with Crippen molar-refractivity contribution in [2.24, 2.45) is 0 Å². The van der Waals surface area contributed by atoms with Crippen LogP contribution in [0.25, 0.3) is 0 Å². The van der Waals surface area contributed by atoms with Gasteiger partial charge in [0, 0.05) is 24.6 Å². The van der Waals surface area contributed by atoms with Crippen molar-refractivity contribution in [1.82, 2.24) is 4.90 Å². The Morgan fingerprint density at radius 2 is 2.30 bits per heavy atom. The fourth-order valence-electron chi connectivity index (χ4n) is 3.04. The van der Waals surface area contributed by atoms with Crippen molar-refractivity contribution < 1.29 is 18.8 Å². The fourth-order valence-corrected chi connectivity index (χ4v) is 3.78. The summed E-state index contributed by atoms with van der Waals surface area (Å²) in [6.45, 7) is 1.99. The normalized spacial score (nSPS) is 16.6. The van der Waals surface area contributed by atoms with E-state index in [-0.39, 0.29) is 24.2 Å². The molecule has 1 aliphatic rings. The predicted octanol–water partition coefficient (Wildman–Crippen LogP) is 3.42. The van der Waals surface area contributed by atoms with E-state index in [0.717, 1.165) is 36.5 Å². The number of amides is 1. The molecule has 1 aliphatic heterocycles. The van der Waals surface area contributed by atoms with E-state index < -0.39 is 16.4 Å². The smallest absolute Gasteiger partial charge is 0.295 e. The summed E-state index contributed by atoms with van der Waals surface area (Å²) in [5.41, 5.74) is -0.480. The Balaban J connectivity index is 1.67. The molecular formula is C18H20FN3O4S. The summed E-state index contributed by atoms with van der Waals surface area (Å²) in [4.78, 5) is 25.9. The quantitative estimate of drug-likeness (QED) is 0.549. The van der Waals surface area contributed by atoms with Gasteiger partial charge in [0.15, 0.2) is 0 Å². The Morgan fingerprint density at radius 1 is 1.44 bits per heavy atom. The van der Waals surface area contributed by atoms with E-state index >= 15 is 0 Å². The lowest BCUT2D eigenvalue weighted by molar-refractivity contribution is -0.384. The molecule has 1 fully saturated rings. The Bertz CT molecular complexity index is 794. The van der Waals surface area contributed by atoms with Gasteiger partial charge < -0.3 is 10.1 Å². The molecule has 1 aromatic heterocycles. The molecule has 0 bridgehead atoms. The lowest BCUT2D eigenvalue weighted by atomic mass is 10.2. The zero-order valence-electron chi connectivity index (χ0n) is 14.6. The Hall–Kier alpha value is -2.36. The van der Waals surface area contributed by atoms with Crippen molar-refractivity contribution in [1.29, 1.82) is 0 Å². The molecule has 2 aromatic rings. The van der Waals surface area contributed by atoms with E-state index in [0.29, 0.717) is 13.1 Å². The van der Waals surface area contributed by atoms with Crippen molar-refractivity contribution in [2.75, 3.05) is 25.0 Å². The zero-order chi connectivity index (χ0) is 19.2. The number of nitro groups is 1. The number of nitrogens with zero attached hydrogens (tertiary/aromatic N) is 2. The van der Waals surface area contributed by atoms with Crippen LogP contribution in [0, 0.1) is 15.9 Å². The first-order chi connectivity index (χ1) is 13.0. The summed E-state index contributed by atoms with van der Waals surface area (Å²) >= 11 is 1.60. The molecule has 0 saturated carbocycles. The van der Waals surface area contributed by atoms with Crippen LogP contribution in [0.2, 0.25) is 0 Å². The minimum Gasteiger partial charge on any atom is -0.377 e. The number of anilines is 1. The Morgan fingerprint density at radius 3 is 2.96 bits per heavy atom. The average Bonchev–Trinajstić information content (AvgIpc) is 3.30. The van der Waals surface area contributed by atoms with Crippen LogP contribution in [0.4, 0.5) is 15.8 Å². The van der Waals surface area contributed by atoms with Gasteiger partial charge in [-0.3, -0.25) is 19.8 Å². The first-order valence-corrected chi connectivity index (χ1v) is 9.49. The number of carbonyl (C=O) groups is 1. The number of ether oxygens (including phenoxy) is 1. The van der Waals surface area contributed by atoms with Crippen LogP contribution in [0.3, 0.4) is 0 Å². The SMILES string of the molecule is O=C(CN(Cc1cccs1)CC1CCCO1)Nc1ccc(F)cc1[N+](=O)[O-]. The standard InChI is InChI=1S/C18H20FN3O4S/c19-13-5-6-16(17(9-13)22(24)25)20-18(23)12-21(10-14-3-1-7-26-14)11-15-4-2-8-27-15/h2,4-6,8-9,14H,1,3,7,10-12H2,(H,20,23). The molecule has 1 amide bonds. The van der Waals surface area contributed by atoms with Crippen LogP contribution < -0.4 is 5.32 Å². The summed E-state index contributed by atoms with van der Waals surface area (Å²) in [6.07, 6.45) is 2.04. The number of hydrogen-bond acceptors (Lipinski definition) is 6. The predicted molar refractivity (Wildman–Crippen MR) is 100 cm³/mol. The summed E-state index contributed by atoms with van der Waals surface area (Å²) in [7, 11) is 0. The van der Waals surface area contributed by atoms with Crippen LogP contribution in [0.1, 0.15) is 17.7 Å². The van der Waals surface area contributed by atoms with E-state index in [1.165, 1.54) is 6.07 Å². The molecule has 0 spiro atoms. The lowest BCUT2D eigenvalue weighted by Crippen LogP contribution is -2.37. The van der Waals surface area contributed by atoms with E-state index in [4.69, 9.17) is 4.74 Å². The highest BCUT2D eigenvalue weighted by Crippen LogP contribution is 2.25. The highest BCUT2D eigenvalue weighted by molar-refractivity contribution is 7.09. The van der Waals surface area contributed by atoms with Gasteiger partial charge in [0.2, 0.25) is 5.91 Å². The second kappa shape index (κ2) is 9.03. The number of nitrogens with one attached hydrogen (secondary N) is 1. The maximum absolute atomic E-state index is 13.3. The molecule has 9 heteroatoms. The Labute approximate surface area is 159 Å². The molecule has 1 N–H and O–H groups in total. The van der Waals surface area contributed by atoms with Crippen LogP contribution in [0.15, 0.2) is 35.7 Å². The van der Waals surface area contributed by atoms with Gasteiger partial charge in [0.25, 0.3) is 5.69 Å². The number of carbonyl (C=O) groups excluding carboxylic acids is 1. The summed E-state index contributed by atoms with van der Waals surface area (Å²) in [6, 6.07) is 7.03. The molecule has 3 rings (SSSR count). The van der Waals surface area contributed by atoms with Crippen LogP contribution >= 0.6 is 11.3 Å². The first kappa shape index (κ1) is 19.4. The van der Waals surface area contributed by atoms with Gasteiger partial charge in [-0.15, -0.1) is 11.3 Å². The number of rotatable bonds is 8. The van der Waals surface area contributed by atoms with Gasteiger partial charge in [-0.25, -0.2) is 4.39 Å². The zero-order valence-corrected chi connectivity index (χ0v) is 15.4. The maximum atomic E-state index is 13.3. The second-order valence-corrected chi connectivity index (χ2v) is 7.38. The molecule has 1 atom stereocenters. The van der Waals surface area contributed by atoms with Gasteiger partial charge in [0.05, 0.1) is 23.6 Å². The van der Waals surface area contributed by atoms with E-state index in [1.54, 1.807) is 11.3 Å². The van der Waals surface area contributed by atoms with Crippen molar-refractivity contribution in [3.05, 3.63) is 56.5 Å². The number of thiophene rings is 1. The van der Waals surface area contributed by atoms with Crippen molar-refractivity contribution in [3.63, 3.8) is 0 Å². The van der Waals surface area contributed by atoms with E-state index in [2.05, 4.69) is 5.32 Å². The second-order valence-electron chi connectivity index (χ2n) is 6.35. The molecule has 7 nitrogen and oxygen atoms in total. The maximum Gasteiger partial charge on any atom is 0.295 e. The van der Waals surface area contributed by atoms with Gasteiger partial charge in [0.1, 0.15) is 11.5 Å². The third kappa shape index (κ3) is 5.56. The minimum absolute atomic E-state index is 0.0143. The highest BCUT2D eigenvalue weighted by Gasteiger charge is 2.23. The van der Waals surface area contributed by atoms with Crippen molar-refractivity contribution >= 4 is 28.6 Å². The number of nitro benzene ring substituents is 1. The fraction of sp³-hybridized carbons (Fsp3) is 0.389. The molecule has 0 aliphatic carbocycles. The van der Waals surface area contributed by atoms with Crippen LogP contribution in [0.5, 0.6) is 0 Å². The summed E-state index contributed by atoms with van der Waals surface area (Å²) in [5.74, 6) is -1.11. The van der Waals surface area contributed by atoms with Crippen LogP contribution in [-0.4, -0.2) is 41.5 Å². The molecule has 1 unspecified atom stereocenters. The third-order valence-corrected chi connectivity index (χ3v) is 5.10. The number of hydrogen-bond donors (Lipinski definition) is 1. The topological polar surface area (TPSA) is 84.7 Å². The molecular weight excluding hydrogens is 373 g/mol. The van der Waals surface area contributed by atoms with Crippen LogP contribution in [-0.2, 0) is 16.1 Å². The van der Waals surface area contributed by atoms with Crippen molar-refractivity contribution in [2.45, 2.75) is 25.5 Å². The van der Waals surface area contributed by atoms with E-state index in [9.17, 15) is 19.3 Å². The molecule has 1 saturated heterocycles. The molecule has 1 aromatic carbocycles. The van der Waals surface area contributed by atoms with Gasteiger partial charge >= 0.3 is 0 Å². The van der Waals surface area contributed by atoms with Crippen molar-refractivity contribution in [3.8, 4) is 0 Å². The highest BCUT2D eigenvalue weighted by atomic mass is 32.1. The molecule has 144 valence electrons. The van der Waals surface area contributed by atoms with E-state index in [1.807, 2.05) is 22.4 Å². The monoisotopic (exact) mass is 393 g/mol. The molecule has 2 heterocycles. The van der Waals surface area contributed by atoms with Gasteiger partial charge in [-0.2, -0.15) is 0 Å². The summed E-state index contributed by atoms with van der Waals surface area (Å²) < 4.78 is 18.9. The minimum atomic E-state index is -0.725. The molecule has 27 heavy (non-hydrogen) atoms. The number of benzene rings is 1. The lowest BCUT2D eigenvalue weighted by Gasteiger charge is -2.24. The molecule has 0 radical (unpaired) electrons. The van der Waals surface area contributed by atoms with Gasteiger partial charge in [-0.1, -0.05) is 6.07 Å².